The number of carbonyl (C=O) groups is 1. The van der Waals surface area contributed by atoms with E-state index < -0.39 is 16.2 Å². The lowest BCUT2D eigenvalue weighted by Gasteiger charge is -2.23. The van der Waals surface area contributed by atoms with E-state index in [2.05, 4.69) is 4.40 Å². The van der Waals surface area contributed by atoms with Crippen LogP contribution < -0.4 is 0 Å². The van der Waals surface area contributed by atoms with Crippen molar-refractivity contribution in [3.63, 3.8) is 0 Å². The molecule has 0 radical (unpaired) electrons. The summed E-state index contributed by atoms with van der Waals surface area (Å²) in [7, 11) is -3.88. The second-order valence-electron chi connectivity index (χ2n) is 6.73. The lowest BCUT2D eigenvalue weighted by atomic mass is 10.1. The Balaban J connectivity index is 1.78. The van der Waals surface area contributed by atoms with E-state index in [-0.39, 0.29) is 24.4 Å². The molecule has 1 aliphatic rings. The second-order valence-corrected chi connectivity index (χ2v) is 8.28. The molecule has 0 atom stereocenters. The molecule has 0 amide bonds. The number of nitrogens with zero attached hydrogens (tertiary/aromatic N) is 2. The highest BCUT2D eigenvalue weighted by Gasteiger charge is 2.29. The van der Waals surface area contributed by atoms with Gasteiger partial charge in [0.2, 0.25) is 0 Å². The Bertz CT molecular complexity index is 1060. The predicted octanol–water partition coefficient (Wildman–Crippen LogP) is 3.45. The zero-order valence-corrected chi connectivity index (χ0v) is 16.9. The predicted molar refractivity (Wildman–Crippen MR) is 108 cm³/mol. The molecular weight excluding hydrogens is 376 g/mol. The van der Waals surface area contributed by atoms with Crippen molar-refractivity contribution in [2.45, 2.75) is 33.9 Å². The molecule has 0 saturated heterocycles. The third-order valence-corrected chi connectivity index (χ3v) is 5.80. The normalized spacial score (nSPS) is 15.6. The van der Waals surface area contributed by atoms with Crippen molar-refractivity contribution in [3.8, 4) is 0 Å². The van der Waals surface area contributed by atoms with Gasteiger partial charge in [-0.1, -0.05) is 54.1 Å². The highest BCUT2D eigenvalue weighted by molar-refractivity contribution is 7.88. The maximum Gasteiger partial charge on any atom is 0.344 e. The minimum atomic E-state index is -3.88. The van der Waals surface area contributed by atoms with E-state index in [1.165, 1.54) is 13.1 Å². The fourth-order valence-electron chi connectivity index (χ4n) is 2.90. The van der Waals surface area contributed by atoms with E-state index in [1.54, 1.807) is 0 Å². The lowest BCUT2D eigenvalue weighted by molar-refractivity contribution is -0.139. The van der Waals surface area contributed by atoms with Crippen LogP contribution in [0.2, 0.25) is 0 Å². The Morgan fingerprint density at radius 1 is 1.07 bits per heavy atom. The van der Waals surface area contributed by atoms with Gasteiger partial charge in [0.05, 0.1) is 17.8 Å². The number of esters is 1. The van der Waals surface area contributed by atoms with Gasteiger partial charge in [0, 0.05) is 6.20 Å². The molecule has 3 rings (SSSR count). The van der Waals surface area contributed by atoms with Gasteiger partial charge in [-0.15, -0.1) is 4.40 Å². The summed E-state index contributed by atoms with van der Waals surface area (Å²) < 4.78 is 34.9. The van der Waals surface area contributed by atoms with Crippen molar-refractivity contribution >= 4 is 21.9 Å². The van der Waals surface area contributed by atoms with E-state index in [0.29, 0.717) is 0 Å². The summed E-state index contributed by atoms with van der Waals surface area (Å²) in [6.45, 7) is 5.64. The lowest BCUT2D eigenvalue weighted by Crippen LogP contribution is -2.31. The number of aryl methyl sites for hydroxylation is 2. The molecule has 0 aromatic heterocycles. The molecule has 0 N–H and O–H groups in total. The fraction of sp³-hybridized carbons (Fsp3) is 0.238. The maximum atomic E-state index is 12.6. The van der Waals surface area contributed by atoms with Crippen LogP contribution in [0.5, 0.6) is 0 Å². The minimum absolute atomic E-state index is 0.0911. The third kappa shape index (κ3) is 4.48. The average molecular weight is 398 g/mol. The zero-order chi connectivity index (χ0) is 20.3. The first-order valence-electron chi connectivity index (χ1n) is 8.84. The topological polar surface area (TPSA) is 76.0 Å². The molecule has 0 bridgehead atoms. The first kappa shape index (κ1) is 19.8. The van der Waals surface area contributed by atoms with Crippen LogP contribution in [-0.4, -0.2) is 24.4 Å². The summed E-state index contributed by atoms with van der Waals surface area (Å²) in [6.07, 6.45) is 1.30. The molecule has 0 aliphatic carbocycles. The van der Waals surface area contributed by atoms with Crippen molar-refractivity contribution < 1.29 is 17.9 Å². The summed E-state index contributed by atoms with van der Waals surface area (Å²) in [5.41, 5.74) is 4.11. The molecule has 28 heavy (non-hydrogen) atoms. The van der Waals surface area contributed by atoms with Crippen LogP contribution in [0.25, 0.3) is 0 Å². The summed E-state index contributed by atoms with van der Waals surface area (Å²) >= 11 is 0. The van der Waals surface area contributed by atoms with E-state index in [1.807, 2.05) is 62.4 Å². The summed E-state index contributed by atoms with van der Waals surface area (Å²) in [5, 5.41) is 0. The number of hydrogen-bond acceptors (Lipinski definition) is 4. The molecule has 146 valence electrons. The SMILES string of the molecule is CC1=NS(=O)(=O)N(Cc2ccccc2)C=C1C(=O)OCc1ccc(C)cc1C. The molecule has 0 unspecified atom stereocenters. The van der Waals surface area contributed by atoms with Crippen molar-refractivity contribution in [2.75, 3.05) is 0 Å². The Morgan fingerprint density at radius 3 is 2.46 bits per heavy atom. The van der Waals surface area contributed by atoms with E-state index in [4.69, 9.17) is 4.74 Å². The number of ether oxygens (including phenoxy) is 1. The minimum Gasteiger partial charge on any atom is -0.457 e. The van der Waals surface area contributed by atoms with E-state index in [0.717, 1.165) is 26.6 Å². The van der Waals surface area contributed by atoms with E-state index >= 15 is 0 Å². The maximum absolute atomic E-state index is 12.6. The molecule has 7 heteroatoms. The quantitative estimate of drug-likeness (QED) is 0.723. The van der Waals surface area contributed by atoms with Crippen molar-refractivity contribution in [2.24, 2.45) is 4.40 Å². The molecule has 6 nitrogen and oxygen atoms in total. The highest BCUT2D eigenvalue weighted by Crippen LogP contribution is 2.21. The summed E-state index contributed by atoms with van der Waals surface area (Å²) in [6, 6.07) is 15.0. The molecule has 2 aromatic rings. The number of rotatable bonds is 5. The standard InChI is InChI=1S/C21H22N2O4S/c1-15-9-10-19(16(2)11-15)14-27-21(24)20-13-23(28(25,26)22-17(20)3)12-18-7-5-4-6-8-18/h4-11,13H,12,14H2,1-3H3. The van der Waals surface area contributed by atoms with Crippen LogP contribution in [0, 0.1) is 13.8 Å². The smallest absolute Gasteiger partial charge is 0.344 e. The van der Waals surface area contributed by atoms with Crippen LogP contribution in [0.15, 0.2) is 64.7 Å². The van der Waals surface area contributed by atoms with Crippen molar-refractivity contribution in [1.82, 2.24) is 4.31 Å². The van der Waals surface area contributed by atoms with Gasteiger partial charge in [-0.25, -0.2) is 4.79 Å². The summed E-state index contributed by atoms with van der Waals surface area (Å²) in [4.78, 5) is 12.6. The van der Waals surface area contributed by atoms with Crippen LogP contribution in [-0.2, 0) is 32.9 Å². The average Bonchev–Trinajstić information content (AvgIpc) is 2.63. The second kappa shape index (κ2) is 7.98. The van der Waals surface area contributed by atoms with Crippen molar-refractivity contribution in [1.29, 1.82) is 0 Å². The van der Waals surface area contributed by atoms with Crippen LogP contribution >= 0.6 is 0 Å². The monoisotopic (exact) mass is 398 g/mol. The van der Waals surface area contributed by atoms with Crippen LogP contribution in [0.3, 0.4) is 0 Å². The van der Waals surface area contributed by atoms with Crippen molar-refractivity contribution in [3.05, 3.63) is 82.6 Å². The van der Waals surface area contributed by atoms with Gasteiger partial charge < -0.3 is 4.74 Å². The van der Waals surface area contributed by atoms with Gasteiger partial charge >= 0.3 is 16.2 Å². The number of hydrogen-bond donors (Lipinski definition) is 0. The van der Waals surface area contributed by atoms with Gasteiger partial charge in [0.15, 0.2) is 0 Å². The van der Waals surface area contributed by atoms with E-state index in [9.17, 15) is 13.2 Å². The molecular formula is C21H22N2O4S. The zero-order valence-electron chi connectivity index (χ0n) is 16.0. The Kier molecular flexibility index (Phi) is 5.65. The Labute approximate surface area is 165 Å². The summed E-state index contributed by atoms with van der Waals surface area (Å²) in [5.74, 6) is -0.603. The molecule has 0 fully saturated rings. The Hall–Kier alpha value is -2.93. The van der Waals surface area contributed by atoms with Gasteiger partial charge in [-0.05, 0) is 37.5 Å². The molecule has 0 spiro atoms. The molecule has 0 saturated carbocycles. The number of benzene rings is 2. The molecule has 2 aromatic carbocycles. The van der Waals surface area contributed by atoms with Gasteiger partial charge in [0.1, 0.15) is 6.61 Å². The molecule has 1 aliphatic heterocycles. The van der Waals surface area contributed by atoms with Crippen LogP contribution in [0.4, 0.5) is 0 Å². The number of carbonyl (C=O) groups excluding carboxylic acids is 1. The largest absolute Gasteiger partial charge is 0.457 e. The van der Waals surface area contributed by atoms with Gasteiger partial charge in [-0.3, -0.25) is 4.31 Å². The van der Waals surface area contributed by atoms with Gasteiger partial charge in [-0.2, -0.15) is 8.42 Å². The Morgan fingerprint density at radius 2 is 1.79 bits per heavy atom. The first-order valence-corrected chi connectivity index (χ1v) is 10.2. The van der Waals surface area contributed by atoms with Gasteiger partial charge in [0.25, 0.3) is 0 Å². The first-order chi connectivity index (χ1) is 13.3. The molecule has 1 heterocycles. The fourth-order valence-corrected chi connectivity index (χ4v) is 4.00. The highest BCUT2D eigenvalue weighted by atomic mass is 32.2. The van der Waals surface area contributed by atoms with Crippen LogP contribution in [0.1, 0.15) is 29.2 Å². The third-order valence-electron chi connectivity index (χ3n) is 4.47.